The van der Waals surface area contributed by atoms with Crippen molar-refractivity contribution < 1.29 is 5.11 Å². The van der Waals surface area contributed by atoms with Crippen molar-refractivity contribution in [3.05, 3.63) is 51.4 Å². The number of aromatic nitrogens is 2. The third kappa shape index (κ3) is 2.97. The second-order valence-corrected chi connectivity index (χ2v) is 5.67. The number of nitrogens with zero attached hydrogens (tertiary/aromatic N) is 2. The summed E-state index contributed by atoms with van der Waals surface area (Å²) in [7, 11) is 0. The second-order valence-electron chi connectivity index (χ2n) is 5.67. The molecule has 0 radical (unpaired) electrons. The Hall–Kier alpha value is -2.14. The van der Waals surface area contributed by atoms with Crippen molar-refractivity contribution in [1.29, 1.82) is 0 Å². The second kappa shape index (κ2) is 5.33. The predicted molar refractivity (Wildman–Crippen MR) is 80.8 cm³/mol. The van der Waals surface area contributed by atoms with Gasteiger partial charge in [-0.25, -0.2) is 0 Å². The lowest BCUT2D eigenvalue weighted by Crippen LogP contribution is -2.25. The van der Waals surface area contributed by atoms with Gasteiger partial charge in [0.05, 0.1) is 5.69 Å². The fraction of sp³-hybridized carbons (Fsp3) is 0.375. The summed E-state index contributed by atoms with van der Waals surface area (Å²) in [4.78, 5) is 12.1. The molecule has 5 nitrogen and oxygen atoms in total. The smallest absolute Gasteiger partial charge is 0.275 e. The van der Waals surface area contributed by atoms with Crippen LogP contribution in [0.5, 0.6) is 5.75 Å². The first-order valence-electron chi connectivity index (χ1n) is 7.18. The van der Waals surface area contributed by atoms with Crippen LogP contribution in [0.15, 0.2) is 29.1 Å². The Labute approximate surface area is 123 Å². The van der Waals surface area contributed by atoms with Crippen molar-refractivity contribution in [2.75, 3.05) is 0 Å². The fourth-order valence-electron chi connectivity index (χ4n) is 2.26. The lowest BCUT2D eigenvalue weighted by Gasteiger charge is -2.12. The van der Waals surface area contributed by atoms with E-state index in [-0.39, 0.29) is 11.3 Å². The molecule has 1 aromatic heterocycles. The predicted octanol–water partition coefficient (Wildman–Crippen LogP) is 1.81. The molecule has 1 aromatic carbocycles. The van der Waals surface area contributed by atoms with Gasteiger partial charge < -0.3 is 10.4 Å². The molecule has 1 aliphatic carbocycles. The molecule has 0 amide bonds. The first kappa shape index (κ1) is 13.8. The molecule has 2 N–H and O–H groups in total. The molecule has 110 valence electrons. The average molecular weight is 285 g/mol. The van der Waals surface area contributed by atoms with Crippen LogP contribution in [0.4, 0.5) is 0 Å². The Morgan fingerprint density at radius 2 is 2.10 bits per heavy atom. The third-order valence-electron chi connectivity index (χ3n) is 3.71. The van der Waals surface area contributed by atoms with E-state index in [1.54, 1.807) is 0 Å². The fourth-order valence-corrected chi connectivity index (χ4v) is 2.26. The van der Waals surface area contributed by atoms with Crippen molar-refractivity contribution in [2.24, 2.45) is 0 Å². The normalized spacial score (nSPS) is 14.4. The SMILES string of the molecule is Cc1ccc(C)c(-n2nc(CNC3CC3)c(O)cc2=O)c1. The van der Waals surface area contributed by atoms with Gasteiger partial charge >= 0.3 is 0 Å². The maximum atomic E-state index is 12.1. The summed E-state index contributed by atoms with van der Waals surface area (Å²) in [6.45, 7) is 4.39. The molecule has 0 spiro atoms. The van der Waals surface area contributed by atoms with Crippen molar-refractivity contribution in [2.45, 2.75) is 39.3 Å². The zero-order chi connectivity index (χ0) is 15.0. The molecule has 1 aliphatic rings. The van der Waals surface area contributed by atoms with Gasteiger partial charge in [0.25, 0.3) is 5.56 Å². The highest BCUT2D eigenvalue weighted by atomic mass is 16.3. The summed E-state index contributed by atoms with van der Waals surface area (Å²) in [5.41, 5.74) is 2.98. The number of rotatable bonds is 4. The zero-order valence-corrected chi connectivity index (χ0v) is 12.3. The quantitative estimate of drug-likeness (QED) is 0.899. The molecule has 3 rings (SSSR count). The van der Waals surface area contributed by atoms with Gasteiger partial charge in [-0.1, -0.05) is 12.1 Å². The van der Waals surface area contributed by atoms with Crippen LogP contribution in [0.2, 0.25) is 0 Å². The van der Waals surface area contributed by atoms with E-state index in [2.05, 4.69) is 10.4 Å². The molecule has 0 bridgehead atoms. The maximum absolute atomic E-state index is 12.1. The Balaban J connectivity index is 2.02. The monoisotopic (exact) mass is 285 g/mol. The molecule has 0 unspecified atom stereocenters. The minimum absolute atomic E-state index is 0.0466. The summed E-state index contributed by atoms with van der Waals surface area (Å²) in [6, 6.07) is 7.65. The third-order valence-corrected chi connectivity index (χ3v) is 3.71. The van der Waals surface area contributed by atoms with Crippen LogP contribution in [0.25, 0.3) is 5.69 Å². The first-order chi connectivity index (χ1) is 10.0. The van der Waals surface area contributed by atoms with Gasteiger partial charge in [-0.3, -0.25) is 4.79 Å². The van der Waals surface area contributed by atoms with Gasteiger partial charge in [0.15, 0.2) is 0 Å². The molecule has 0 aliphatic heterocycles. The standard InChI is InChI=1S/C16H19N3O2/c1-10-3-4-11(2)14(7-10)19-16(21)8-15(20)13(18-19)9-17-12-5-6-12/h3-4,7-8,12,17,20H,5-6,9H2,1-2H3. The molecule has 2 aromatic rings. The molecule has 1 saturated carbocycles. The Kier molecular flexibility index (Phi) is 3.51. The average Bonchev–Trinajstić information content (AvgIpc) is 3.25. The van der Waals surface area contributed by atoms with Crippen molar-refractivity contribution in [1.82, 2.24) is 15.1 Å². The molecule has 0 saturated heterocycles. The van der Waals surface area contributed by atoms with E-state index in [9.17, 15) is 9.90 Å². The van der Waals surface area contributed by atoms with Crippen LogP contribution < -0.4 is 10.9 Å². The molecule has 21 heavy (non-hydrogen) atoms. The van der Waals surface area contributed by atoms with Gasteiger partial charge in [-0.15, -0.1) is 0 Å². The maximum Gasteiger partial charge on any atom is 0.275 e. The zero-order valence-electron chi connectivity index (χ0n) is 12.3. The Morgan fingerprint density at radius 1 is 1.33 bits per heavy atom. The Morgan fingerprint density at radius 3 is 2.81 bits per heavy atom. The highest BCUT2D eigenvalue weighted by molar-refractivity contribution is 5.43. The van der Waals surface area contributed by atoms with Gasteiger partial charge in [0.2, 0.25) is 0 Å². The van der Waals surface area contributed by atoms with E-state index in [0.29, 0.717) is 18.3 Å². The van der Waals surface area contributed by atoms with Gasteiger partial charge in [-0.05, 0) is 43.9 Å². The number of aromatic hydroxyl groups is 1. The van der Waals surface area contributed by atoms with E-state index in [4.69, 9.17) is 0 Å². The summed E-state index contributed by atoms with van der Waals surface area (Å²) in [5.74, 6) is -0.0466. The van der Waals surface area contributed by atoms with E-state index >= 15 is 0 Å². The molecule has 1 heterocycles. The summed E-state index contributed by atoms with van der Waals surface area (Å²) in [6.07, 6.45) is 2.33. The lowest BCUT2D eigenvalue weighted by atomic mass is 10.1. The Bertz CT molecular complexity index is 733. The van der Waals surface area contributed by atoms with Crippen LogP contribution >= 0.6 is 0 Å². The number of aryl methyl sites for hydroxylation is 2. The molecule has 5 heteroatoms. The number of hydrogen-bond donors (Lipinski definition) is 2. The van der Waals surface area contributed by atoms with Crippen LogP contribution in [-0.4, -0.2) is 20.9 Å². The topological polar surface area (TPSA) is 67.2 Å². The summed E-state index contributed by atoms with van der Waals surface area (Å²) < 4.78 is 1.37. The van der Waals surface area contributed by atoms with Crippen LogP contribution in [-0.2, 0) is 6.54 Å². The first-order valence-corrected chi connectivity index (χ1v) is 7.18. The minimum atomic E-state index is -0.323. The largest absolute Gasteiger partial charge is 0.506 e. The van der Waals surface area contributed by atoms with Gasteiger partial charge in [0.1, 0.15) is 11.4 Å². The highest BCUT2D eigenvalue weighted by Crippen LogP contribution is 2.21. The number of nitrogens with one attached hydrogen (secondary N) is 1. The van der Waals surface area contributed by atoms with Gasteiger partial charge in [-0.2, -0.15) is 9.78 Å². The molecule has 0 atom stereocenters. The van der Waals surface area contributed by atoms with E-state index in [1.807, 2.05) is 32.0 Å². The lowest BCUT2D eigenvalue weighted by molar-refractivity contribution is 0.451. The van der Waals surface area contributed by atoms with E-state index < -0.39 is 0 Å². The van der Waals surface area contributed by atoms with Gasteiger partial charge in [0, 0.05) is 18.7 Å². The highest BCUT2D eigenvalue weighted by Gasteiger charge is 2.21. The van der Waals surface area contributed by atoms with Crippen LogP contribution in [0, 0.1) is 13.8 Å². The van der Waals surface area contributed by atoms with Crippen molar-refractivity contribution >= 4 is 0 Å². The van der Waals surface area contributed by atoms with E-state index in [1.165, 1.54) is 10.7 Å². The summed E-state index contributed by atoms with van der Waals surface area (Å²) in [5, 5.41) is 17.5. The van der Waals surface area contributed by atoms with Crippen molar-refractivity contribution in [3.63, 3.8) is 0 Å². The molecular formula is C16H19N3O2. The molecular weight excluding hydrogens is 266 g/mol. The summed E-state index contributed by atoms with van der Waals surface area (Å²) >= 11 is 0. The van der Waals surface area contributed by atoms with Crippen LogP contribution in [0.1, 0.15) is 29.7 Å². The number of hydrogen-bond acceptors (Lipinski definition) is 4. The van der Waals surface area contributed by atoms with E-state index in [0.717, 1.165) is 29.7 Å². The van der Waals surface area contributed by atoms with Crippen LogP contribution in [0.3, 0.4) is 0 Å². The molecule has 1 fully saturated rings. The minimum Gasteiger partial charge on any atom is -0.506 e. The van der Waals surface area contributed by atoms with Crippen molar-refractivity contribution in [3.8, 4) is 11.4 Å². The number of benzene rings is 1.